The SMILES string of the molecule is C[C@H]1CCC2(Cc3nc(OC[C@@]45CCCN4C[C@H](F)C5)nc(N4CCCn5nc(C(=O)N(C)C)cc5C4)c3CO2)c2cc(N)ccc21. The van der Waals surface area contributed by atoms with Crippen molar-refractivity contribution < 1.29 is 18.7 Å². The van der Waals surface area contributed by atoms with Gasteiger partial charge in [-0.2, -0.15) is 15.1 Å². The third kappa shape index (κ3) is 5.24. The molecule has 2 aromatic heterocycles. The number of ether oxygens (including phenoxy) is 2. The number of hydrogen-bond acceptors (Lipinski definition) is 9. The molecule has 47 heavy (non-hydrogen) atoms. The number of nitrogen functional groups attached to an aromatic ring is 1. The first-order valence-electron chi connectivity index (χ1n) is 17.1. The van der Waals surface area contributed by atoms with Crippen LogP contribution in [0.2, 0.25) is 0 Å². The zero-order chi connectivity index (χ0) is 32.5. The topological polar surface area (TPSA) is 115 Å². The fraction of sp³-hybridized carbons (Fsp3) is 0.600. The molecule has 11 nitrogen and oxygen atoms in total. The Balaban J connectivity index is 1.17. The van der Waals surface area contributed by atoms with Crippen molar-refractivity contribution in [2.45, 2.75) is 94.8 Å². The summed E-state index contributed by atoms with van der Waals surface area (Å²) in [5.74, 6) is 1.10. The molecule has 2 fully saturated rings. The smallest absolute Gasteiger partial charge is 0.318 e. The van der Waals surface area contributed by atoms with Crippen LogP contribution in [0, 0.1) is 0 Å². The van der Waals surface area contributed by atoms with Gasteiger partial charge in [0.25, 0.3) is 5.91 Å². The van der Waals surface area contributed by atoms with E-state index in [1.165, 1.54) is 5.56 Å². The summed E-state index contributed by atoms with van der Waals surface area (Å²) in [6.07, 6.45) is 4.95. The van der Waals surface area contributed by atoms with Crippen molar-refractivity contribution in [2.24, 2.45) is 0 Å². The maximum Gasteiger partial charge on any atom is 0.318 e. The third-order valence-electron chi connectivity index (χ3n) is 11.2. The number of aromatic nitrogens is 4. The second-order valence-corrected chi connectivity index (χ2v) is 14.6. The molecule has 4 aliphatic heterocycles. The van der Waals surface area contributed by atoms with Crippen molar-refractivity contribution in [3.8, 4) is 6.01 Å². The minimum absolute atomic E-state index is 0.114. The van der Waals surface area contributed by atoms with Crippen LogP contribution in [0.4, 0.5) is 15.9 Å². The number of fused-ring (bicyclic) bond motifs is 5. The number of amides is 1. The number of nitrogens with zero attached hydrogens (tertiary/aromatic N) is 7. The Morgan fingerprint density at radius 2 is 2.04 bits per heavy atom. The van der Waals surface area contributed by atoms with Gasteiger partial charge in [0.15, 0.2) is 5.69 Å². The highest BCUT2D eigenvalue weighted by Crippen LogP contribution is 2.50. The van der Waals surface area contributed by atoms with Gasteiger partial charge in [-0.3, -0.25) is 14.4 Å². The minimum Gasteiger partial charge on any atom is -0.461 e. The lowest BCUT2D eigenvalue weighted by atomic mass is 9.71. The van der Waals surface area contributed by atoms with Crippen LogP contribution in [0.25, 0.3) is 0 Å². The van der Waals surface area contributed by atoms with Gasteiger partial charge in [-0.25, -0.2) is 4.39 Å². The van der Waals surface area contributed by atoms with E-state index in [0.717, 1.165) is 79.2 Å². The molecule has 6 heterocycles. The number of hydrogen-bond donors (Lipinski definition) is 1. The number of anilines is 2. The lowest BCUT2D eigenvalue weighted by molar-refractivity contribution is -0.0871. The van der Waals surface area contributed by atoms with Crippen LogP contribution < -0.4 is 15.4 Å². The summed E-state index contributed by atoms with van der Waals surface area (Å²) in [4.78, 5) is 29.0. The molecule has 1 amide bonds. The van der Waals surface area contributed by atoms with Gasteiger partial charge < -0.3 is 25.0 Å². The molecule has 5 aliphatic rings. The maximum absolute atomic E-state index is 14.6. The molecular formula is C35H45FN8O3. The van der Waals surface area contributed by atoms with Gasteiger partial charge >= 0.3 is 6.01 Å². The predicted octanol–water partition coefficient (Wildman–Crippen LogP) is 4.19. The fourth-order valence-corrected chi connectivity index (χ4v) is 8.74. The van der Waals surface area contributed by atoms with Gasteiger partial charge in [0, 0.05) is 57.8 Å². The summed E-state index contributed by atoms with van der Waals surface area (Å²) >= 11 is 0. The number of nitrogens with two attached hydrogens (primary N) is 1. The van der Waals surface area contributed by atoms with Crippen molar-refractivity contribution in [3.05, 3.63) is 58.0 Å². The number of carbonyl (C=O) groups excluding carboxylic acids is 1. The molecule has 1 aliphatic carbocycles. The lowest BCUT2D eigenvalue weighted by Gasteiger charge is -2.44. The Labute approximate surface area is 275 Å². The van der Waals surface area contributed by atoms with Crippen LogP contribution in [-0.4, -0.2) is 87.5 Å². The van der Waals surface area contributed by atoms with Crippen LogP contribution in [0.15, 0.2) is 24.3 Å². The van der Waals surface area contributed by atoms with E-state index < -0.39 is 11.8 Å². The average Bonchev–Trinajstić information content (AvgIpc) is 3.68. The molecule has 0 radical (unpaired) electrons. The maximum atomic E-state index is 14.6. The molecule has 0 bridgehead atoms. The molecule has 12 heteroatoms. The van der Waals surface area contributed by atoms with E-state index in [-0.39, 0.29) is 11.4 Å². The van der Waals surface area contributed by atoms with Crippen LogP contribution >= 0.6 is 0 Å². The van der Waals surface area contributed by atoms with Gasteiger partial charge in [-0.15, -0.1) is 0 Å². The molecule has 4 atom stereocenters. The van der Waals surface area contributed by atoms with E-state index >= 15 is 0 Å². The molecule has 2 saturated heterocycles. The third-order valence-corrected chi connectivity index (χ3v) is 11.2. The second kappa shape index (κ2) is 11.4. The summed E-state index contributed by atoms with van der Waals surface area (Å²) < 4.78 is 29.9. The number of rotatable bonds is 5. The summed E-state index contributed by atoms with van der Waals surface area (Å²) in [6, 6.07) is 8.44. The predicted molar refractivity (Wildman–Crippen MR) is 175 cm³/mol. The monoisotopic (exact) mass is 644 g/mol. The van der Waals surface area contributed by atoms with Gasteiger partial charge in [-0.05, 0) is 73.9 Å². The van der Waals surface area contributed by atoms with Crippen molar-refractivity contribution in [1.29, 1.82) is 0 Å². The molecule has 1 aromatic carbocycles. The van der Waals surface area contributed by atoms with E-state index in [1.807, 2.05) is 16.8 Å². The van der Waals surface area contributed by atoms with Crippen molar-refractivity contribution in [1.82, 2.24) is 29.5 Å². The van der Waals surface area contributed by atoms with Gasteiger partial charge in [-0.1, -0.05) is 13.0 Å². The van der Waals surface area contributed by atoms with Gasteiger partial charge in [0.1, 0.15) is 18.6 Å². The van der Waals surface area contributed by atoms with Crippen LogP contribution in [-0.2, 0) is 36.5 Å². The number of carbonyl (C=O) groups is 1. The van der Waals surface area contributed by atoms with Crippen LogP contribution in [0.1, 0.15) is 89.9 Å². The van der Waals surface area contributed by atoms with E-state index in [4.69, 9.17) is 25.2 Å². The van der Waals surface area contributed by atoms with E-state index in [2.05, 4.69) is 34.0 Å². The van der Waals surface area contributed by atoms with E-state index in [9.17, 15) is 9.18 Å². The number of halogens is 1. The second-order valence-electron chi connectivity index (χ2n) is 14.6. The zero-order valence-corrected chi connectivity index (χ0v) is 27.7. The van der Waals surface area contributed by atoms with Gasteiger partial charge in [0.05, 0.1) is 35.7 Å². The highest BCUT2D eigenvalue weighted by Gasteiger charge is 2.50. The lowest BCUT2D eigenvalue weighted by Crippen LogP contribution is -2.44. The molecule has 2 N–H and O–H groups in total. The van der Waals surface area contributed by atoms with Crippen molar-refractivity contribution >= 4 is 17.4 Å². The Kier molecular flexibility index (Phi) is 7.43. The minimum atomic E-state index is -0.830. The first-order valence-corrected chi connectivity index (χ1v) is 17.1. The molecule has 0 saturated carbocycles. The van der Waals surface area contributed by atoms with E-state index in [1.54, 1.807) is 19.0 Å². The molecule has 3 aromatic rings. The first-order chi connectivity index (χ1) is 22.6. The quantitative estimate of drug-likeness (QED) is 0.409. The summed E-state index contributed by atoms with van der Waals surface area (Å²) in [5.41, 5.74) is 12.0. The van der Waals surface area contributed by atoms with Crippen LogP contribution in [0.3, 0.4) is 0 Å². The molecule has 1 unspecified atom stereocenters. The number of alkyl halides is 1. The molecule has 250 valence electrons. The molecular weight excluding hydrogens is 599 g/mol. The summed E-state index contributed by atoms with van der Waals surface area (Å²) in [7, 11) is 3.48. The number of benzene rings is 1. The fourth-order valence-electron chi connectivity index (χ4n) is 8.74. The normalized spacial score (nSPS) is 28.4. The highest BCUT2D eigenvalue weighted by atomic mass is 19.1. The Morgan fingerprint density at radius 1 is 1.17 bits per heavy atom. The van der Waals surface area contributed by atoms with Crippen LogP contribution in [0.5, 0.6) is 6.01 Å². The highest BCUT2D eigenvalue weighted by molar-refractivity contribution is 5.92. The summed E-state index contributed by atoms with van der Waals surface area (Å²) in [5, 5.41) is 4.64. The molecule has 8 rings (SSSR count). The van der Waals surface area contributed by atoms with Gasteiger partial charge in [0.2, 0.25) is 0 Å². The zero-order valence-electron chi connectivity index (χ0n) is 27.7. The van der Waals surface area contributed by atoms with Crippen molar-refractivity contribution in [2.75, 3.05) is 51.0 Å². The standard InChI is InChI=1S/C35H45FN8O3/c1-22-8-10-35(28-14-24(37)6-7-26(22)28)17-30-27(20-47-35)31(39-33(38-30)46-21-34-9-4-12-43(34)18-23(36)16-34)42-11-5-13-44-25(19-42)15-29(40-44)32(45)41(2)3/h6-7,14-15,22-23H,4-5,8-13,16-21,37H2,1-3H3/t22-,23+,34-,35?/m0/s1. The Morgan fingerprint density at radius 3 is 2.89 bits per heavy atom. The average molecular weight is 645 g/mol. The Hall–Kier alpha value is -3.77. The largest absolute Gasteiger partial charge is 0.461 e. The Bertz CT molecular complexity index is 1710. The number of aryl methyl sites for hydroxylation is 1. The first kappa shape index (κ1) is 30.6. The summed E-state index contributed by atoms with van der Waals surface area (Å²) in [6.45, 7) is 6.39. The molecule has 1 spiro atoms. The van der Waals surface area contributed by atoms with E-state index in [0.29, 0.717) is 63.3 Å². The van der Waals surface area contributed by atoms with Crippen molar-refractivity contribution in [3.63, 3.8) is 0 Å².